The van der Waals surface area contributed by atoms with Crippen molar-refractivity contribution in [3.63, 3.8) is 0 Å². The van der Waals surface area contributed by atoms with Crippen LogP contribution >= 0.6 is 11.3 Å². The van der Waals surface area contributed by atoms with Crippen LogP contribution in [0, 0.1) is 5.82 Å². The molecular weight excluding hydrogens is 410 g/mol. The van der Waals surface area contributed by atoms with Gasteiger partial charge in [0, 0.05) is 11.6 Å². The minimum absolute atomic E-state index is 0.0552. The highest BCUT2D eigenvalue weighted by molar-refractivity contribution is 7.19. The molecule has 2 aromatic carbocycles. The number of hydrogen-bond donors (Lipinski definition) is 1. The number of methoxy groups -OCH3 is 2. The molecule has 10 heteroatoms. The molecule has 0 aliphatic heterocycles. The summed E-state index contributed by atoms with van der Waals surface area (Å²) < 4.78 is 63.5. The number of alkyl halides is 3. The summed E-state index contributed by atoms with van der Waals surface area (Å²) in [5, 5.41) is 3.89. The molecule has 0 aliphatic rings. The summed E-state index contributed by atoms with van der Waals surface area (Å²) in [6, 6.07) is 9.77. The zero-order chi connectivity index (χ0) is 21.0. The van der Waals surface area contributed by atoms with E-state index in [1.165, 1.54) is 32.6 Å². The standard InChI is InChI=1S/C19H15F4N3O2S/c1-27-14-8-5-12(15(9-14)28-2)10-24-26-18-25-17(19(21,22)23)16(29-18)11-3-6-13(20)7-4-11/h3-10H,1-2H3,(H,25,26)/b24-10+. The number of benzene rings is 2. The molecule has 0 bridgehead atoms. The first kappa shape index (κ1) is 20.6. The maximum Gasteiger partial charge on any atom is 0.434 e. The van der Waals surface area contributed by atoms with Crippen LogP contribution in [0.25, 0.3) is 10.4 Å². The summed E-state index contributed by atoms with van der Waals surface area (Å²) in [7, 11) is 2.99. The first-order chi connectivity index (χ1) is 13.8. The Morgan fingerprint density at radius 2 is 1.79 bits per heavy atom. The Hall–Kier alpha value is -3.14. The second-order valence-electron chi connectivity index (χ2n) is 5.68. The van der Waals surface area contributed by atoms with E-state index in [2.05, 4.69) is 15.5 Å². The van der Waals surface area contributed by atoms with Crippen LogP contribution in [0.3, 0.4) is 0 Å². The largest absolute Gasteiger partial charge is 0.497 e. The summed E-state index contributed by atoms with van der Waals surface area (Å²) >= 11 is 0.767. The van der Waals surface area contributed by atoms with E-state index >= 15 is 0 Å². The van der Waals surface area contributed by atoms with Crippen molar-refractivity contribution < 1.29 is 27.0 Å². The number of hydrazone groups is 1. The molecule has 3 aromatic rings. The molecule has 5 nitrogen and oxygen atoms in total. The third kappa shape index (κ3) is 4.83. The van der Waals surface area contributed by atoms with Crippen LogP contribution in [0.5, 0.6) is 11.5 Å². The molecule has 152 valence electrons. The minimum atomic E-state index is -4.66. The molecule has 0 aliphatic carbocycles. The number of ether oxygens (including phenoxy) is 2. The second kappa shape index (κ2) is 8.48. The van der Waals surface area contributed by atoms with Gasteiger partial charge in [-0.3, -0.25) is 5.43 Å². The SMILES string of the molecule is COc1ccc(/C=N/Nc2nc(C(F)(F)F)c(-c3ccc(F)cc3)s2)c(OC)c1. The lowest BCUT2D eigenvalue weighted by Gasteiger charge is -2.06. The van der Waals surface area contributed by atoms with E-state index in [0.29, 0.717) is 17.1 Å². The maximum absolute atomic E-state index is 13.4. The number of anilines is 1. The molecule has 0 fully saturated rings. The molecule has 1 N–H and O–H groups in total. The van der Waals surface area contributed by atoms with Crippen LogP contribution in [0.15, 0.2) is 47.6 Å². The third-order valence-electron chi connectivity index (χ3n) is 3.81. The van der Waals surface area contributed by atoms with E-state index in [4.69, 9.17) is 9.47 Å². The number of aromatic nitrogens is 1. The van der Waals surface area contributed by atoms with Crippen molar-refractivity contribution >= 4 is 22.7 Å². The number of thiazole rings is 1. The Labute approximate surface area is 167 Å². The lowest BCUT2D eigenvalue weighted by atomic mass is 10.1. The first-order valence-corrected chi connectivity index (χ1v) is 8.98. The van der Waals surface area contributed by atoms with Crippen molar-refractivity contribution in [3.8, 4) is 21.9 Å². The average Bonchev–Trinajstić information content (AvgIpc) is 3.13. The van der Waals surface area contributed by atoms with Crippen molar-refractivity contribution in [1.82, 2.24) is 4.98 Å². The second-order valence-corrected chi connectivity index (χ2v) is 6.68. The predicted molar refractivity (Wildman–Crippen MR) is 103 cm³/mol. The van der Waals surface area contributed by atoms with Gasteiger partial charge >= 0.3 is 6.18 Å². The van der Waals surface area contributed by atoms with E-state index in [9.17, 15) is 17.6 Å². The van der Waals surface area contributed by atoms with E-state index in [0.717, 1.165) is 23.5 Å². The van der Waals surface area contributed by atoms with E-state index in [1.807, 2.05) is 0 Å². The first-order valence-electron chi connectivity index (χ1n) is 8.17. The van der Waals surface area contributed by atoms with E-state index < -0.39 is 17.7 Å². The van der Waals surface area contributed by atoms with Crippen molar-refractivity contribution in [2.24, 2.45) is 5.10 Å². The highest BCUT2D eigenvalue weighted by Gasteiger charge is 2.38. The average molecular weight is 425 g/mol. The van der Waals surface area contributed by atoms with Crippen molar-refractivity contribution in [3.05, 3.63) is 59.5 Å². The van der Waals surface area contributed by atoms with Crippen molar-refractivity contribution in [2.75, 3.05) is 19.6 Å². The van der Waals surface area contributed by atoms with Crippen LogP contribution in [0.4, 0.5) is 22.7 Å². The predicted octanol–water partition coefficient (Wildman–Crippen LogP) is 5.43. The van der Waals surface area contributed by atoms with Gasteiger partial charge in [-0.1, -0.05) is 23.5 Å². The molecule has 1 aromatic heterocycles. The quantitative estimate of drug-likeness (QED) is 0.325. The zero-order valence-electron chi connectivity index (χ0n) is 15.2. The Morgan fingerprint density at radius 1 is 1.07 bits per heavy atom. The molecule has 3 rings (SSSR count). The molecule has 0 spiro atoms. The van der Waals surface area contributed by atoms with Crippen molar-refractivity contribution in [1.29, 1.82) is 0 Å². The van der Waals surface area contributed by atoms with Gasteiger partial charge in [0.25, 0.3) is 0 Å². The summed E-state index contributed by atoms with van der Waals surface area (Å²) in [4.78, 5) is 3.48. The molecule has 0 unspecified atom stereocenters. The van der Waals surface area contributed by atoms with Gasteiger partial charge in [0.1, 0.15) is 17.3 Å². The van der Waals surface area contributed by atoms with Gasteiger partial charge in [-0.15, -0.1) is 0 Å². The van der Waals surface area contributed by atoms with Gasteiger partial charge in [-0.05, 0) is 29.8 Å². The van der Waals surface area contributed by atoms with Gasteiger partial charge in [0.05, 0.1) is 25.3 Å². The Bertz CT molecular complexity index is 1020. The lowest BCUT2D eigenvalue weighted by Crippen LogP contribution is -2.07. The summed E-state index contributed by atoms with van der Waals surface area (Å²) in [5.41, 5.74) is 2.24. The van der Waals surface area contributed by atoms with Gasteiger partial charge in [0.2, 0.25) is 5.13 Å². The van der Waals surface area contributed by atoms with Gasteiger partial charge in [0.15, 0.2) is 5.69 Å². The highest BCUT2D eigenvalue weighted by Crippen LogP contribution is 2.42. The summed E-state index contributed by atoms with van der Waals surface area (Å²) in [6.07, 6.45) is -3.27. The fourth-order valence-corrected chi connectivity index (χ4v) is 3.38. The molecule has 0 saturated heterocycles. The fourth-order valence-electron chi connectivity index (χ4n) is 2.44. The fraction of sp³-hybridized carbons (Fsp3) is 0.158. The smallest absolute Gasteiger partial charge is 0.434 e. The number of halogens is 4. The van der Waals surface area contributed by atoms with Gasteiger partial charge < -0.3 is 9.47 Å². The maximum atomic E-state index is 13.4. The van der Waals surface area contributed by atoms with E-state index in [-0.39, 0.29) is 15.6 Å². The van der Waals surface area contributed by atoms with Crippen LogP contribution in [-0.2, 0) is 6.18 Å². The molecule has 0 atom stereocenters. The molecule has 0 radical (unpaired) electrons. The Morgan fingerprint density at radius 3 is 2.41 bits per heavy atom. The van der Waals surface area contributed by atoms with Crippen LogP contribution in [0.2, 0.25) is 0 Å². The lowest BCUT2D eigenvalue weighted by molar-refractivity contribution is -0.140. The summed E-state index contributed by atoms with van der Waals surface area (Å²) in [6.45, 7) is 0. The topological polar surface area (TPSA) is 55.7 Å². The number of hydrogen-bond acceptors (Lipinski definition) is 6. The normalized spacial score (nSPS) is 11.7. The Balaban J connectivity index is 1.87. The molecule has 1 heterocycles. The van der Waals surface area contributed by atoms with Crippen LogP contribution in [-0.4, -0.2) is 25.4 Å². The van der Waals surface area contributed by atoms with Gasteiger partial charge in [-0.25, -0.2) is 9.37 Å². The molecule has 29 heavy (non-hydrogen) atoms. The zero-order valence-corrected chi connectivity index (χ0v) is 16.1. The van der Waals surface area contributed by atoms with Crippen molar-refractivity contribution in [2.45, 2.75) is 6.18 Å². The Kier molecular flexibility index (Phi) is 6.02. The molecule has 0 saturated carbocycles. The summed E-state index contributed by atoms with van der Waals surface area (Å²) in [5.74, 6) is 0.533. The van der Waals surface area contributed by atoms with E-state index in [1.54, 1.807) is 18.2 Å². The molecular formula is C19H15F4N3O2S. The van der Waals surface area contributed by atoms with Gasteiger partial charge in [-0.2, -0.15) is 18.3 Å². The number of nitrogens with one attached hydrogen (secondary N) is 1. The van der Waals surface area contributed by atoms with Crippen LogP contribution < -0.4 is 14.9 Å². The monoisotopic (exact) mass is 425 g/mol. The van der Waals surface area contributed by atoms with Crippen LogP contribution in [0.1, 0.15) is 11.3 Å². The third-order valence-corrected chi connectivity index (χ3v) is 4.82. The number of rotatable bonds is 6. The minimum Gasteiger partial charge on any atom is -0.497 e. The number of nitrogens with zero attached hydrogens (tertiary/aromatic N) is 2. The molecule has 0 amide bonds. The highest BCUT2D eigenvalue weighted by atomic mass is 32.1.